The Bertz CT molecular complexity index is 684. The number of nitrogens with zero attached hydrogens (tertiary/aromatic N) is 3. The summed E-state index contributed by atoms with van der Waals surface area (Å²) in [5.41, 5.74) is 1.33. The average molecular weight is 353 g/mol. The number of sulfone groups is 1. The molecule has 7 nitrogen and oxygen atoms in total. The van der Waals surface area contributed by atoms with Gasteiger partial charge in [0.25, 0.3) is 5.91 Å². The van der Waals surface area contributed by atoms with Crippen molar-refractivity contribution in [2.75, 3.05) is 49.3 Å². The number of aromatic nitrogens is 1. The lowest BCUT2D eigenvalue weighted by atomic mass is 10.2. The molecule has 2 aliphatic rings. The van der Waals surface area contributed by atoms with Gasteiger partial charge in [-0.2, -0.15) is 0 Å². The van der Waals surface area contributed by atoms with Crippen LogP contribution in [-0.4, -0.2) is 74.6 Å². The standard InChI is InChI=1S/C16H23N3O4S/c1-2-19(14-5-10-24(21,22)12-14)16(20)15-4-3-13(11-17-15)18-6-8-23-9-7-18/h3-4,11,14H,2,5-10,12H2,1H3. The van der Waals surface area contributed by atoms with E-state index in [1.54, 1.807) is 17.2 Å². The van der Waals surface area contributed by atoms with E-state index in [0.717, 1.165) is 18.8 Å². The summed E-state index contributed by atoms with van der Waals surface area (Å²) in [6.45, 7) is 5.36. The summed E-state index contributed by atoms with van der Waals surface area (Å²) in [6.07, 6.45) is 2.21. The first-order chi connectivity index (χ1) is 11.5. The highest BCUT2D eigenvalue weighted by Crippen LogP contribution is 2.20. The molecule has 0 N–H and O–H groups in total. The summed E-state index contributed by atoms with van der Waals surface area (Å²) < 4.78 is 28.7. The topological polar surface area (TPSA) is 79.8 Å². The van der Waals surface area contributed by atoms with Crippen molar-refractivity contribution in [2.45, 2.75) is 19.4 Å². The van der Waals surface area contributed by atoms with Gasteiger partial charge in [-0.3, -0.25) is 4.79 Å². The predicted octanol–water partition coefficient (Wildman–Crippen LogP) is 0.567. The van der Waals surface area contributed by atoms with Gasteiger partial charge < -0.3 is 14.5 Å². The van der Waals surface area contributed by atoms with Crippen LogP contribution >= 0.6 is 0 Å². The van der Waals surface area contributed by atoms with E-state index in [-0.39, 0.29) is 23.5 Å². The molecular formula is C16H23N3O4S. The molecule has 0 saturated carbocycles. The van der Waals surface area contributed by atoms with Gasteiger partial charge in [0.2, 0.25) is 0 Å². The second-order valence-corrected chi connectivity index (χ2v) is 8.38. The van der Waals surface area contributed by atoms with Crippen molar-refractivity contribution in [2.24, 2.45) is 0 Å². The molecule has 0 aromatic carbocycles. The summed E-state index contributed by atoms with van der Waals surface area (Å²) in [5.74, 6) is 0.0108. The Morgan fingerprint density at radius 2 is 2.12 bits per heavy atom. The van der Waals surface area contributed by atoms with Gasteiger partial charge in [0, 0.05) is 25.7 Å². The minimum atomic E-state index is -3.02. The number of pyridine rings is 1. The van der Waals surface area contributed by atoms with E-state index in [9.17, 15) is 13.2 Å². The van der Waals surface area contributed by atoms with Crippen LogP contribution in [-0.2, 0) is 14.6 Å². The Morgan fingerprint density at radius 1 is 1.38 bits per heavy atom. The van der Waals surface area contributed by atoms with Crippen LogP contribution in [0.1, 0.15) is 23.8 Å². The molecule has 0 spiro atoms. The molecule has 3 rings (SSSR count). The molecule has 1 atom stereocenters. The van der Waals surface area contributed by atoms with Crippen molar-refractivity contribution in [1.82, 2.24) is 9.88 Å². The van der Waals surface area contributed by atoms with E-state index < -0.39 is 9.84 Å². The van der Waals surface area contributed by atoms with Crippen LogP contribution in [0.15, 0.2) is 18.3 Å². The fourth-order valence-corrected chi connectivity index (χ4v) is 4.99. The van der Waals surface area contributed by atoms with Crippen LogP contribution in [0.4, 0.5) is 5.69 Å². The molecule has 8 heteroatoms. The van der Waals surface area contributed by atoms with Crippen LogP contribution in [0, 0.1) is 0 Å². The van der Waals surface area contributed by atoms with E-state index in [2.05, 4.69) is 9.88 Å². The van der Waals surface area contributed by atoms with Crippen molar-refractivity contribution in [3.05, 3.63) is 24.0 Å². The third-order valence-corrected chi connectivity index (χ3v) is 6.34. The van der Waals surface area contributed by atoms with Gasteiger partial charge in [-0.25, -0.2) is 13.4 Å². The van der Waals surface area contributed by atoms with Crippen LogP contribution in [0.3, 0.4) is 0 Å². The highest BCUT2D eigenvalue weighted by Gasteiger charge is 2.34. The normalized spacial score (nSPS) is 23.2. The number of carbonyl (C=O) groups excluding carboxylic acids is 1. The fraction of sp³-hybridized carbons (Fsp3) is 0.625. The number of ether oxygens (including phenoxy) is 1. The molecule has 2 saturated heterocycles. The first kappa shape index (κ1) is 17.2. The van der Waals surface area contributed by atoms with Gasteiger partial charge in [-0.05, 0) is 25.5 Å². The van der Waals surface area contributed by atoms with Crippen LogP contribution in [0.5, 0.6) is 0 Å². The third-order valence-electron chi connectivity index (χ3n) is 4.59. The number of rotatable bonds is 4. The third kappa shape index (κ3) is 3.70. The van der Waals surface area contributed by atoms with Gasteiger partial charge >= 0.3 is 0 Å². The molecule has 1 aromatic rings. The second kappa shape index (κ2) is 7.06. The van der Waals surface area contributed by atoms with Crippen molar-refractivity contribution >= 4 is 21.4 Å². The molecule has 0 aliphatic carbocycles. The van der Waals surface area contributed by atoms with Crippen molar-refractivity contribution in [1.29, 1.82) is 0 Å². The average Bonchev–Trinajstić information content (AvgIpc) is 2.96. The number of amides is 1. The Hall–Kier alpha value is -1.67. The van der Waals surface area contributed by atoms with E-state index >= 15 is 0 Å². The quantitative estimate of drug-likeness (QED) is 0.787. The molecule has 1 amide bonds. The Balaban J connectivity index is 1.71. The molecule has 24 heavy (non-hydrogen) atoms. The first-order valence-electron chi connectivity index (χ1n) is 8.30. The predicted molar refractivity (Wildman–Crippen MR) is 91.0 cm³/mol. The molecule has 3 heterocycles. The zero-order chi connectivity index (χ0) is 17.2. The molecule has 2 fully saturated rings. The maximum Gasteiger partial charge on any atom is 0.272 e. The molecule has 0 bridgehead atoms. The lowest BCUT2D eigenvalue weighted by Crippen LogP contribution is -2.41. The fourth-order valence-electron chi connectivity index (χ4n) is 3.26. The summed E-state index contributed by atoms with van der Waals surface area (Å²) >= 11 is 0. The van der Waals surface area contributed by atoms with Crippen LogP contribution in [0.25, 0.3) is 0 Å². The maximum atomic E-state index is 12.7. The van der Waals surface area contributed by atoms with Gasteiger partial charge in [-0.1, -0.05) is 0 Å². The summed E-state index contributed by atoms with van der Waals surface area (Å²) in [5, 5.41) is 0. The van der Waals surface area contributed by atoms with Gasteiger partial charge in [-0.15, -0.1) is 0 Å². The molecule has 132 valence electrons. The Labute approximate surface area is 142 Å². The number of anilines is 1. The lowest BCUT2D eigenvalue weighted by Gasteiger charge is -2.29. The van der Waals surface area contributed by atoms with Crippen molar-refractivity contribution in [3.8, 4) is 0 Å². The number of hydrogen-bond donors (Lipinski definition) is 0. The highest BCUT2D eigenvalue weighted by molar-refractivity contribution is 7.91. The van der Waals surface area contributed by atoms with Crippen molar-refractivity contribution < 1.29 is 17.9 Å². The largest absolute Gasteiger partial charge is 0.378 e. The molecule has 1 unspecified atom stereocenters. The van der Waals surface area contributed by atoms with Gasteiger partial charge in [0.15, 0.2) is 9.84 Å². The number of hydrogen-bond acceptors (Lipinski definition) is 6. The van der Waals surface area contributed by atoms with Gasteiger partial charge in [0.05, 0.1) is 36.6 Å². The minimum Gasteiger partial charge on any atom is -0.378 e. The SMILES string of the molecule is CCN(C(=O)c1ccc(N2CCOCC2)cn1)C1CCS(=O)(=O)C1. The van der Waals surface area contributed by atoms with E-state index in [0.29, 0.717) is 31.9 Å². The van der Waals surface area contributed by atoms with Crippen LogP contribution in [0.2, 0.25) is 0 Å². The van der Waals surface area contributed by atoms with E-state index in [1.165, 1.54) is 0 Å². The highest BCUT2D eigenvalue weighted by atomic mass is 32.2. The second-order valence-electron chi connectivity index (χ2n) is 6.15. The molecule has 2 aliphatic heterocycles. The lowest BCUT2D eigenvalue weighted by molar-refractivity contribution is 0.0702. The molecule has 0 radical (unpaired) electrons. The first-order valence-corrected chi connectivity index (χ1v) is 10.1. The van der Waals surface area contributed by atoms with Crippen molar-refractivity contribution in [3.63, 3.8) is 0 Å². The van der Waals surface area contributed by atoms with E-state index in [1.807, 2.05) is 13.0 Å². The zero-order valence-electron chi connectivity index (χ0n) is 13.8. The Morgan fingerprint density at radius 3 is 2.67 bits per heavy atom. The van der Waals surface area contributed by atoms with Crippen LogP contribution < -0.4 is 4.90 Å². The molecule has 1 aromatic heterocycles. The summed E-state index contributed by atoms with van der Waals surface area (Å²) in [4.78, 5) is 20.8. The number of morpholine rings is 1. The molecular weight excluding hydrogens is 330 g/mol. The Kier molecular flexibility index (Phi) is 5.05. The summed E-state index contributed by atoms with van der Waals surface area (Å²) in [7, 11) is -3.02. The van der Waals surface area contributed by atoms with Gasteiger partial charge in [0.1, 0.15) is 5.69 Å². The minimum absolute atomic E-state index is 0.0540. The summed E-state index contributed by atoms with van der Waals surface area (Å²) in [6, 6.07) is 3.37. The smallest absolute Gasteiger partial charge is 0.272 e. The number of carbonyl (C=O) groups is 1. The maximum absolute atomic E-state index is 12.7. The monoisotopic (exact) mass is 353 g/mol. The zero-order valence-corrected chi connectivity index (χ0v) is 14.7. The van der Waals surface area contributed by atoms with E-state index in [4.69, 9.17) is 4.74 Å².